The summed E-state index contributed by atoms with van der Waals surface area (Å²) in [6.45, 7) is 0. The molecule has 306 valence electrons. The van der Waals surface area contributed by atoms with Crippen LogP contribution >= 0.6 is 34.2 Å². The van der Waals surface area contributed by atoms with Crippen molar-refractivity contribution in [1.29, 1.82) is 0 Å². The fourth-order valence-corrected chi connectivity index (χ4v) is 10.0. The van der Waals surface area contributed by atoms with E-state index in [1.165, 1.54) is 37.4 Å². The van der Waals surface area contributed by atoms with Gasteiger partial charge in [0.15, 0.2) is 11.5 Å². The number of phenols is 1. The van der Waals surface area contributed by atoms with Gasteiger partial charge in [0.05, 0.1) is 56.4 Å². The molecule has 2 saturated heterocycles. The molecule has 8 rings (SSSR count). The average molecular weight is 954 g/mol. The number of halogens is 9. The van der Waals surface area contributed by atoms with Gasteiger partial charge in [0.2, 0.25) is 11.8 Å². The Kier molecular flexibility index (Phi) is 9.80. The maximum Gasteiger partial charge on any atom is 0.416 e. The van der Waals surface area contributed by atoms with E-state index in [9.17, 15) is 50.2 Å². The van der Waals surface area contributed by atoms with Crippen molar-refractivity contribution in [2.24, 2.45) is 23.7 Å². The molecule has 2 heterocycles. The number of methoxy groups -OCH3 is 1. The van der Waals surface area contributed by atoms with E-state index >= 15 is 4.79 Å². The molecule has 4 aromatic carbocycles. The SMILES string of the molecule is COc1cc(C2C3=CCC4C(=O)N(c5cc(C(F)(F)F)cc(C(F)(F)F)c5)C(=O)C4C3CC3C(=O)N(Nc4ccc(F)cc4)C(=O)C32c2ccc(Cl)cc2)cc(I)c1O. The predicted molar refractivity (Wildman–Crippen MR) is 205 cm³/mol. The van der Waals surface area contributed by atoms with Crippen LogP contribution in [0.15, 0.2) is 90.5 Å². The van der Waals surface area contributed by atoms with Gasteiger partial charge in [-0.25, -0.2) is 9.29 Å². The number of anilines is 2. The number of hydrogen-bond acceptors (Lipinski definition) is 7. The van der Waals surface area contributed by atoms with Gasteiger partial charge < -0.3 is 9.84 Å². The largest absolute Gasteiger partial charge is 0.504 e. The summed E-state index contributed by atoms with van der Waals surface area (Å²) in [5.74, 6) is -10.6. The van der Waals surface area contributed by atoms with E-state index < -0.39 is 93.6 Å². The van der Waals surface area contributed by atoms with Gasteiger partial charge in [-0.1, -0.05) is 35.4 Å². The Labute approximate surface area is 348 Å². The number of ether oxygens (including phenoxy) is 1. The van der Waals surface area contributed by atoms with Crippen LogP contribution in [0.4, 0.5) is 42.1 Å². The molecular weight excluding hydrogens is 926 g/mol. The van der Waals surface area contributed by atoms with Crippen molar-refractivity contribution in [2.75, 3.05) is 17.4 Å². The van der Waals surface area contributed by atoms with Crippen LogP contribution in [-0.4, -0.2) is 40.9 Å². The maximum absolute atomic E-state index is 15.3. The summed E-state index contributed by atoms with van der Waals surface area (Å²) in [5.41, 5.74) is -2.17. The minimum atomic E-state index is -5.27. The Balaban J connectivity index is 1.33. The fraction of sp³-hybridized carbons (Fsp3) is 0.268. The van der Waals surface area contributed by atoms with Crippen molar-refractivity contribution < 1.29 is 59.8 Å². The second kappa shape index (κ2) is 14.2. The summed E-state index contributed by atoms with van der Waals surface area (Å²) in [7, 11) is 1.30. The number of aromatic hydroxyl groups is 1. The van der Waals surface area contributed by atoms with E-state index in [4.69, 9.17) is 16.3 Å². The highest BCUT2D eigenvalue weighted by Gasteiger charge is 2.70. The van der Waals surface area contributed by atoms with E-state index in [1.807, 2.05) is 22.6 Å². The third kappa shape index (κ3) is 6.42. The first kappa shape index (κ1) is 40.6. The molecule has 4 aliphatic rings. The summed E-state index contributed by atoms with van der Waals surface area (Å²) in [6, 6.07) is 14.6. The molecule has 2 aliphatic carbocycles. The number of rotatable bonds is 6. The first-order chi connectivity index (χ1) is 27.8. The van der Waals surface area contributed by atoms with Crippen LogP contribution in [0.2, 0.25) is 5.02 Å². The molecule has 1 saturated carbocycles. The molecule has 0 spiro atoms. The summed E-state index contributed by atoms with van der Waals surface area (Å²) in [6.07, 6.45) is -9.37. The Morgan fingerprint density at radius 3 is 2.07 bits per heavy atom. The highest BCUT2D eigenvalue weighted by molar-refractivity contribution is 14.1. The Bertz CT molecular complexity index is 2450. The first-order valence-electron chi connectivity index (χ1n) is 17.9. The van der Waals surface area contributed by atoms with Gasteiger partial charge in [-0.05, 0) is 119 Å². The topological polar surface area (TPSA) is 116 Å². The Hall–Kier alpha value is -5.17. The van der Waals surface area contributed by atoms with E-state index in [1.54, 1.807) is 24.3 Å². The van der Waals surface area contributed by atoms with Gasteiger partial charge in [0.25, 0.3) is 11.8 Å². The number of fused-ring (bicyclic) bond motifs is 4. The van der Waals surface area contributed by atoms with Gasteiger partial charge >= 0.3 is 12.4 Å². The molecular formula is C41H28ClF7IN3O6. The molecule has 4 amide bonds. The molecule has 0 bridgehead atoms. The van der Waals surface area contributed by atoms with Crippen LogP contribution in [0.1, 0.15) is 41.0 Å². The van der Waals surface area contributed by atoms with Crippen LogP contribution in [0.3, 0.4) is 0 Å². The van der Waals surface area contributed by atoms with E-state index in [2.05, 4.69) is 5.43 Å². The second-order valence-corrected chi connectivity index (χ2v) is 16.3. The number of carbonyl (C=O) groups is 4. The second-order valence-electron chi connectivity index (χ2n) is 14.7. The fourth-order valence-electron chi connectivity index (χ4n) is 9.27. The van der Waals surface area contributed by atoms with Crippen LogP contribution in [-0.2, 0) is 36.9 Å². The Morgan fingerprint density at radius 2 is 1.47 bits per heavy atom. The van der Waals surface area contributed by atoms with E-state index in [0.717, 1.165) is 17.1 Å². The summed E-state index contributed by atoms with van der Waals surface area (Å²) in [4.78, 5) is 59.2. The van der Waals surface area contributed by atoms with Crippen LogP contribution in [0.5, 0.6) is 11.5 Å². The number of hydrogen-bond donors (Lipinski definition) is 2. The lowest BCUT2D eigenvalue weighted by molar-refractivity contribution is -0.143. The third-order valence-electron chi connectivity index (χ3n) is 11.7. The molecule has 0 radical (unpaired) electrons. The average Bonchev–Trinajstić information content (AvgIpc) is 3.56. The molecule has 4 aromatic rings. The van der Waals surface area contributed by atoms with E-state index in [-0.39, 0.29) is 39.7 Å². The lowest BCUT2D eigenvalue weighted by Crippen LogP contribution is -2.53. The van der Waals surface area contributed by atoms with Crippen molar-refractivity contribution in [2.45, 2.75) is 36.5 Å². The van der Waals surface area contributed by atoms with Gasteiger partial charge in [0, 0.05) is 10.9 Å². The molecule has 2 N–H and O–H groups in total. The van der Waals surface area contributed by atoms with Crippen LogP contribution < -0.4 is 15.1 Å². The zero-order valence-electron chi connectivity index (χ0n) is 30.2. The van der Waals surface area contributed by atoms with Crippen molar-refractivity contribution in [3.05, 3.63) is 127 Å². The molecule has 0 aromatic heterocycles. The number of benzene rings is 4. The number of allylic oxidation sites excluding steroid dienone is 2. The number of nitrogens with zero attached hydrogens (tertiary/aromatic N) is 2. The molecule has 9 nitrogen and oxygen atoms in total. The van der Waals surface area contributed by atoms with Crippen molar-refractivity contribution in [3.8, 4) is 11.5 Å². The number of carbonyl (C=O) groups excluding carboxylic acids is 4. The molecule has 59 heavy (non-hydrogen) atoms. The minimum absolute atomic E-state index is 0.00695. The minimum Gasteiger partial charge on any atom is -0.504 e. The lowest BCUT2D eigenvalue weighted by atomic mass is 9.49. The number of imide groups is 2. The molecule has 6 unspecified atom stereocenters. The van der Waals surface area contributed by atoms with Gasteiger partial charge in [-0.3, -0.25) is 24.6 Å². The highest BCUT2D eigenvalue weighted by Crippen LogP contribution is 2.65. The monoisotopic (exact) mass is 953 g/mol. The Morgan fingerprint density at radius 1 is 0.847 bits per heavy atom. The van der Waals surface area contributed by atoms with Crippen molar-refractivity contribution in [3.63, 3.8) is 0 Å². The van der Waals surface area contributed by atoms with E-state index in [0.29, 0.717) is 38.8 Å². The van der Waals surface area contributed by atoms with Crippen molar-refractivity contribution >= 4 is 69.2 Å². The van der Waals surface area contributed by atoms with Gasteiger partial charge in [-0.15, -0.1) is 0 Å². The number of amides is 4. The third-order valence-corrected chi connectivity index (χ3v) is 12.8. The van der Waals surface area contributed by atoms with Gasteiger partial charge in [0.1, 0.15) is 5.82 Å². The summed E-state index contributed by atoms with van der Waals surface area (Å²) >= 11 is 8.17. The standard InChI is InChI=1S/C41H28ClF7IN3O6/c1-59-31-13-18(12-30(50)34(31)54)33-26-10-11-27-32(37(57)52(35(27)55)25-15-20(40(44,45)46)14-21(16-25)41(47,48)49)28(26)17-29-36(56)53(51-24-8-6-23(43)7-9-24)38(58)39(29,33)19-2-4-22(42)5-3-19/h2-10,12-16,27-29,32-33,51,54H,11,17H2,1H3. The van der Waals surface area contributed by atoms with Crippen LogP contribution in [0, 0.1) is 33.1 Å². The number of nitrogens with one attached hydrogen (secondary N) is 1. The smallest absolute Gasteiger partial charge is 0.416 e. The molecule has 2 aliphatic heterocycles. The van der Waals surface area contributed by atoms with Crippen LogP contribution in [0.25, 0.3) is 0 Å². The molecule has 3 fully saturated rings. The predicted octanol–water partition coefficient (Wildman–Crippen LogP) is 9.02. The molecule has 18 heteroatoms. The lowest BCUT2D eigenvalue weighted by Gasteiger charge is -2.50. The summed E-state index contributed by atoms with van der Waals surface area (Å²) < 4.78 is 103. The first-order valence-corrected chi connectivity index (χ1v) is 19.3. The number of phenolic OH excluding ortho intramolecular Hbond substituents is 1. The quantitative estimate of drug-likeness (QED) is 0.0859. The highest BCUT2D eigenvalue weighted by atomic mass is 127. The summed E-state index contributed by atoms with van der Waals surface area (Å²) in [5, 5.41) is 12.0. The van der Waals surface area contributed by atoms with Crippen molar-refractivity contribution in [1.82, 2.24) is 5.01 Å². The maximum atomic E-state index is 15.3. The number of hydrazine groups is 1. The zero-order chi connectivity index (χ0) is 42.5. The van der Waals surface area contributed by atoms with Gasteiger partial charge in [-0.2, -0.15) is 31.4 Å². The normalized spacial score (nSPS) is 25.5. The zero-order valence-corrected chi connectivity index (χ0v) is 33.1. The number of alkyl halides is 6. The molecule has 6 atom stereocenters.